The van der Waals surface area contributed by atoms with Crippen LogP contribution in [0.1, 0.15) is 41.3 Å². The SMILES string of the molecule is CCCn1nc(-c2ccc(C)cc2)c2c1/C(=C/c1ccc(C)cc1)CS(=O)(=O)C2. The topological polar surface area (TPSA) is 52.0 Å². The zero-order valence-electron chi connectivity index (χ0n) is 17.1. The summed E-state index contributed by atoms with van der Waals surface area (Å²) in [6.07, 6.45) is 2.94. The molecular formula is C24H26N2O2S. The van der Waals surface area contributed by atoms with Crippen LogP contribution in [0.25, 0.3) is 22.9 Å². The molecule has 2 heterocycles. The number of aromatic nitrogens is 2. The second-order valence-electron chi connectivity index (χ2n) is 7.88. The smallest absolute Gasteiger partial charge is 0.158 e. The van der Waals surface area contributed by atoms with Gasteiger partial charge in [0.1, 0.15) is 0 Å². The fourth-order valence-electron chi connectivity index (χ4n) is 3.86. The summed E-state index contributed by atoms with van der Waals surface area (Å²) in [5.74, 6) is 0.0944. The summed E-state index contributed by atoms with van der Waals surface area (Å²) in [7, 11) is -3.24. The quantitative estimate of drug-likeness (QED) is 0.609. The molecule has 0 unspecified atom stereocenters. The van der Waals surface area contributed by atoms with E-state index in [1.54, 1.807) is 0 Å². The minimum atomic E-state index is -3.24. The lowest BCUT2D eigenvalue weighted by molar-refractivity contribution is 0.589. The van der Waals surface area contributed by atoms with Crippen LogP contribution in [0.4, 0.5) is 0 Å². The fraction of sp³-hybridized carbons (Fsp3) is 0.292. The molecule has 0 atom stereocenters. The van der Waals surface area contributed by atoms with Crippen LogP contribution >= 0.6 is 0 Å². The van der Waals surface area contributed by atoms with E-state index < -0.39 is 9.84 Å². The van der Waals surface area contributed by atoms with Crippen LogP contribution in [-0.4, -0.2) is 24.0 Å². The molecule has 0 saturated heterocycles. The highest BCUT2D eigenvalue weighted by Gasteiger charge is 2.32. The van der Waals surface area contributed by atoms with Crippen molar-refractivity contribution in [2.45, 2.75) is 39.5 Å². The molecule has 0 N–H and O–H groups in total. The van der Waals surface area contributed by atoms with E-state index in [1.807, 2.05) is 73.1 Å². The molecular weight excluding hydrogens is 380 g/mol. The number of sulfone groups is 1. The second kappa shape index (κ2) is 7.64. The molecule has 29 heavy (non-hydrogen) atoms. The Kier molecular flexibility index (Phi) is 5.17. The van der Waals surface area contributed by atoms with E-state index in [1.165, 1.54) is 11.1 Å². The van der Waals surface area contributed by atoms with Gasteiger partial charge in [-0.2, -0.15) is 5.10 Å². The summed E-state index contributed by atoms with van der Waals surface area (Å²) in [5.41, 5.74) is 7.74. The van der Waals surface area contributed by atoms with Gasteiger partial charge in [-0.25, -0.2) is 8.42 Å². The fourth-order valence-corrected chi connectivity index (χ4v) is 5.37. The third-order valence-electron chi connectivity index (χ3n) is 5.27. The van der Waals surface area contributed by atoms with Crippen LogP contribution in [0.5, 0.6) is 0 Å². The monoisotopic (exact) mass is 406 g/mol. The molecule has 5 heteroatoms. The highest BCUT2D eigenvalue weighted by atomic mass is 32.2. The Morgan fingerprint density at radius 3 is 2.21 bits per heavy atom. The van der Waals surface area contributed by atoms with Gasteiger partial charge in [-0.3, -0.25) is 4.68 Å². The van der Waals surface area contributed by atoms with Crippen molar-refractivity contribution >= 4 is 21.5 Å². The van der Waals surface area contributed by atoms with Gasteiger partial charge in [0.05, 0.1) is 22.9 Å². The third kappa shape index (κ3) is 4.06. The van der Waals surface area contributed by atoms with Gasteiger partial charge in [-0.05, 0) is 37.5 Å². The Balaban J connectivity index is 1.92. The van der Waals surface area contributed by atoms with Gasteiger partial charge in [0.25, 0.3) is 0 Å². The maximum atomic E-state index is 12.8. The van der Waals surface area contributed by atoms with Gasteiger partial charge in [-0.15, -0.1) is 0 Å². The summed E-state index contributed by atoms with van der Waals surface area (Å²) in [6, 6.07) is 16.3. The van der Waals surface area contributed by atoms with Crippen LogP contribution in [0, 0.1) is 13.8 Å². The van der Waals surface area contributed by atoms with E-state index in [-0.39, 0.29) is 11.5 Å². The summed E-state index contributed by atoms with van der Waals surface area (Å²) in [6.45, 7) is 6.97. The Morgan fingerprint density at radius 1 is 0.966 bits per heavy atom. The number of rotatable bonds is 4. The highest BCUT2D eigenvalue weighted by Crippen LogP contribution is 2.37. The lowest BCUT2D eigenvalue weighted by Crippen LogP contribution is -2.20. The van der Waals surface area contributed by atoms with Crippen LogP contribution in [0.15, 0.2) is 48.5 Å². The standard InChI is InChI=1S/C24H26N2O2S/c1-4-13-26-24-21(14-19-9-5-17(2)6-10-19)15-29(27,28)16-22(24)23(25-26)20-11-7-18(3)8-12-20/h5-12,14H,4,13,15-16H2,1-3H3/b21-14+. The normalized spacial score (nSPS) is 16.7. The van der Waals surface area contributed by atoms with Gasteiger partial charge in [-0.1, -0.05) is 66.6 Å². The van der Waals surface area contributed by atoms with E-state index in [4.69, 9.17) is 5.10 Å². The van der Waals surface area contributed by atoms with Gasteiger partial charge in [0, 0.05) is 17.7 Å². The average molecular weight is 407 g/mol. The third-order valence-corrected chi connectivity index (χ3v) is 6.75. The first kappa shape index (κ1) is 19.6. The Labute approximate surface area is 172 Å². The van der Waals surface area contributed by atoms with Gasteiger partial charge in [0.2, 0.25) is 0 Å². The van der Waals surface area contributed by atoms with Crippen LogP contribution < -0.4 is 0 Å². The summed E-state index contributed by atoms with van der Waals surface area (Å²) in [4.78, 5) is 0. The second-order valence-corrected chi connectivity index (χ2v) is 9.94. The van der Waals surface area contributed by atoms with Gasteiger partial charge >= 0.3 is 0 Å². The van der Waals surface area contributed by atoms with Crippen LogP contribution in [0.2, 0.25) is 0 Å². The Morgan fingerprint density at radius 2 is 1.59 bits per heavy atom. The van der Waals surface area contributed by atoms with Crippen molar-refractivity contribution in [1.82, 2.24) is 9.78 Å². The lowest BCUT2D eigenvalue weighted by atomic mass is 10.0. The number of hydrogen-bond acceptors (Lipinski definition) is 3. The van der Waals surface area contributed by atoms with E-state index in [9.17, 15) is 8.42 Å². The molecule has 4 rings (SSSR count). The van der Waals surface area contributed by atoms with E-state index in [0.717, 1.165) is 46.6 Å². The summed E-state index contributed by atoms with van der Waals surface area (Å²) in [5, 5.41) is 4.86. The van der Waals surface area contributed by atoms with Crippen LogP contribution in [-0.2, 0) is 22.1 Å². The molecule has 0 radical (unpaired) electrons. The molecule has 0 bridgehead atoms. The molecule has 1 aromatic heterocycles. The van der Waals surface area contributed by atoms with Gasteiger partial charge < -0.3 is 0 Å². The molecule has 0 saturated carbocycles. The maximum Gasteiger partial charge on any atom is 0.158 e. The largest absolute Gasteiger partial charge is 0.264 e. The molecule has 0 spiro atoms. The van der Waals surface area contributed by atoms with E-state index >= 15 is 0 Å². The predicted octanol–water partition coefficient (Wildman–Crippen LogP) is 5.05. The number of hydrogen-bond donors (Lipinski definition) is 0. The highest BCUT2D eigenvalue weighted by molar-refractivity contribution is 7.91. The first-order valence-corrected chi connectivity index (χ1v) is 11.8. The lowest BCUT2D eigenvalue weighted by Gasteiger charge is -2.19. The average Bonchev–Trinajstić information content (AvgIpc) is 3.01. The van der Waals surface area contributed by atoms with Gasteiger partial charge in [0.15, 0.2) is 9.84 Å². The van der Waals surface area contributed by atoms with Crippen molar-refractivity contribution in [3.8, 4) is 11.3 Å². The minimum absolute atomic E-state index is 0.0422. The van der Waals surface area contributed by atoms with Crippen molar-refractivity contribution < 1.29 is 8.42 Å². The van der Waals surface area contributed by atoms with Crippen molar-refractivity contribution in [3.05, 3.63) is 76.5 Å². The zero-order valence-corrected chi connectivity index (χ0v) is 18.0. The number of aryl methyl sites for hydroxylation is 3. The summed E-state index contributed by atoms with van der Waals surface area (Å²) < 4.78 is 27.6. The number of benzene rings is 2. The molecule has 1 aliphatic rings. The van der Waals surface area contributed by atoms with Crippen molar-refractivity contribution in [3.63, 3.8) is 0 Å². The maximum absolute atomic E-state index is 12.8. The van der Waals surface area contributed by atoms with Crippen LogP contribution in [0.3, 0.4) is 0 Å². The molecule has 1 aliphatic heterocycles. The van der Waals surface area contributed by atoms with Crippen molar-refractivity contribution in [2.24, 2.45) is 0 Å². The molecule has 0 fully saturated rings. The molecule has 3 aromatic rings. The molecule has 0 amide bonds. The first-order chi connectivity index (χ1) is 13.9. The number of fused-ring (bicyclic) bond motifs is 1. The van der Waals surface area contributed by atoms with E-state index in [0.29, 0.717) is 0 Å². The first-order valence-electron chi connectivity index (χ1n) is 10.0. The molecule has 0 aliphatic carbocycles. The Hall–Kier alpha value is -2.66. The summed E-state index contributed by atoms with van der Waals surface area (Å²) >= 11 is 0. The van der Waals surface area contributed by atoms with Crippen molar-refractivity contribution in [2.75, 3.05) is 5.75 Å². The Bertz CT molecular complexity index is 1170. The van der Waals surface area contributed by atoms with E-state index in [2.05, 4.69) is 6.92 Å². The molecule has 2 aromatic carbocycles. The zero-order chi connectivity index (χ0) is 20.6. The minimum Gasteiger partial charge on any atom is -0.264 e. The molecule has 4 nitrogen and oxygen atoms in total. The number of nitrogens with zero attached hydrogens (tertiary/aromatic N) is 2. The van der Waals surface area contributed by atoms with Crippen molar-refractivity contribution in [1.29, 1.82) is 0 Å². The predicted molar refractivity (Wildman–Crippen MR) is 119 cm³/mol. The molecule has 150 valence electrons.